The van der Waals surface area contributed by atoms with Crippen LogP contribution in [-0.4, -0.2) is 17.7 Å². The zero-order valence-corrected chi connectivity index (χ0v) is 14.8. The Morgan fingerprint density at radius 2 is 2.04 bits per heavy atom. The van der Waals surface area contributed by atoms with Crippen molar-refractivity contribution in [2.45, 2.75) is 38.7 Å². The predicted molar refractivity (Wildman–Crippen MR) is 105 cm³/mol. The van der Waals surface area contributed by atoms with Crippen molar-refractivity contribution in [2.75, 3.05) is 0 Å². The van der Waals surface area contributed by atoms with E-state index in [2.05, 4.69) is 5.32 Å². The number of hydrogen-bond donors (Lipinski definition) is 2. The van der Waals surface area contributed by atoms with Crippen LogP contribution in [0.2, 0.25) is 5.02 Å². The average molecular weight is 386 g/mol. The van der Waals surface area contributed by atoms with E-state index in [0.717, 1.165) is 6.07 Å². The summed E-state index contributed by atoms with van der Waals surface area (Å²) in [7, 11) is 0. The minimum Gasteiger partial charge on any atom is -0.370 e. The van der Waals surface area contributed by atoms with Crippen LogP contribution in [0, 0.1) is 5.82 Å². The summed E-state index contributed by atoms with van der Waals surface area (Å²) >= 11 is 6.08. The lowest BCUT2D eigenvalue weighted by molar-refractivity contribution is -0.118. The van der Waals surface area contributed by atoms with Gasteiger partial charge in [-0.2, -0.15) is 0 Å². The molecule has 2 atom stereocenters. The summed E-state index contributed by atoms with van der Waals surface area (Å²) < 4.78 is 54.7. The van der Waals surface area contributed by atoms with Gasteiger partial charge in [-0.25, -0.2) is 4.39 Å². The van der Waals surface area contributed by atoms with Gasteiger partial charge in [0, 0.05) is 39.3 Å². The van der Waals surface area contributed by atoms with E-state index < -0.39 is 53.9 Å². The summed E-state index contributed by atoms with van der Waals surface area (Å²) in [6.45, 7) is -1.66. The van der Waals surface area contributed by atoms with Gasteiger partial charge in [-0.3, -0.25) is 9.59 Å². The number of carbonyl (C=O) groups excluding carboxylic acids is 2. The molecule has 0 unspecified atom stereocenters. The molecule has 2 aromatic carbocycles. The fraction of sp³-hybridized carbons (Fsp3) is 0.300. The summed E-state index contributed by atoms with van der Waals surface area (Å²) in [5.41, 5.74) is 4.42. The van der Waals surface area contributed by atoms with Crippen LogP contribution in [0.4, 0.5) is 4.39 Å². The highest BCUT2D eigenvalue weighted by Crippen LogP contribution is 2.30. The van der Waals surface area contributed by atoms with E-state index in [1.165, 1.54) is 25.1 Å². The van der Waals surface area contributed by atoms with Crippen molar-refractivity contribution in [3.63, 3.8) is 0 Å². The Hall–Kier alpha value is -2.24. The maximum atomic E-state index is 15.6. The molecule has 2 aromatic rings. The Balaban J connectivity index is 0.00000512. The summed E-state index contributed by atoms with van der Waals surface area (Å²) in [6, 6.07) is 7.62. The Kier molecular flexibility index (Phi) is 4.77. The smallest absolute Gasteiger partial charge is 0.218 e. The van der Waals surface area contributed by atoms with E-state index in [1.807, 2.05) is 0 Å². The fourth-order valence-corrected chi connectivity index (χ4v) is 2.82. The van der Waals surface area contributed by atoms with Crippen LogP contribution in [0.15, 0.2) is 42.5 Å². The van der Waals surface area contributed by atoms with Crippen molar-refractivity contribution in [3.8, 4) is 0 Å². The minimum atomic E-state index is -3.15. The molecule has 0 radical (unpaired) electrons. The second-order valence-corrected chi connectivity index (χ2v) is 6.24. The first-order valence-corrected chi connectivity index (χ1v) is 8.27. The van der Waals surface area contributed by atoms with E-state index in [4.69, 9.17) is 24.2 Å². The monoisotopic (exact) mass is 385 g/mol. The second kappa shape index (κ2) is 8.92. The first kappa shape index (κ1) is 13.9. The fourth-order valence-electron chi connectivity index (χ4n) is 2.59. The molecule has 142 valence electrons. The van der Waals surface area contributed by atoms with Gasteiger partial charge >= 0.3 is 0 Å². The van der Waals surface area contributed by atoms with Crippen LogP contribution in [-0.2, 0) is 4.79 Å². The molecule has 0 heterocycles. The molecule has 1 amide bonds. The quantitative estimate of drug-likeness (QED) is 0.657. The lowest BCUT2D eigenvalue weighted by atomic mass is 9.95. The molecule has 0 aliphatic heterocycles. The summed E-state index contributed by atoms with van der Waals surface area (Å²) in [6.07, 6.45) is -3.20. The number of ketones is 1. The van der Waals surface area contributed by atoms with Crippen LogP contribution >= 0.6 is 11.6 Å². The highest BCUT2D eigenvalue weighted by Gasteiger charge is 2.24. The second-order valence-electron chi connectivity index (χ2n) is 5.84. The van der Waals surface area contributed by atoms with Crippen LogP contribution in [0.5, 0.6) is 0 Å². The van der Waals surface area contributed by atoms with Crippen molar-refractivity contribution >= 4 is 23.3 Å². The van der Waals surface area contributed by atoms with E-state index in [-0.39, 0.29) is 19.9 Å². The van der Waals surface area contributed by atoms with Crippen LogP contribution < -0.4 is 11.1 Å². The third-order valence-corrected chi connectivity index (χ3v) is 4.11. The minimum absolute atomic E-state index is 0. The van der Waals surface area contributed by atoms with Gasteiger partial charge in [0.05, 0.1) is 10.6 Å². The molecule has 0 bridgehead atoms. The Morgan fingerprint density at radius 1 is 1.35 bits per heavy atom. The van der Waals surface area contributed by atoms with Crippen molar-refractivity contribution in [2.24, 2.45) is 5.73 Å². The van der Waals surface area contributed by atoms with Crippen LogP contribution in [0.3, 0.4) is 0 Å². The van der Waals surface area contributed by atoms with E-state index >= 15 is 4.39 Å². The van der Waals surface area contributed by atoms with Gasteiger partial charge in [-0.15, -0.1) is 0 Å². The number of nitrogens with one attached hydrogen (secondary N) is 1. The maximum absolute atomic E-state index is 15.6. The average Bonchev–Trinajstić information content (AvgIpc) is 2.66. The third-order valence-electron chi connectivity index (χ3n) is 3.80. The van der Waals surface area contributed by atoms with Gasteiger partial charge in [-0.1, -0.05) is 54.9 Å². The highest BCUT2D eigenvalue weighted by atomic mass is 35.5. The molecule has 0 aliphatic rings. The summed E-state index contributed by atoms with van der Waals surface area (Å²) in [4.78, 5) is 24.1. The van der Waals surface area contributed by atoms with Crippen molar-refractivity contribution in [3.05, 3.63) is 70.0 Å². The summed E-state index contributed by atoms with van der Waals surface area (Å²) in [5, 5.41) is 2.45. The van der Waals surface area contributed by atoms with Gasteiger partial charge in [0.1, 0.15) is 5.82 Å². The van der Waals surface area contributed by atoms with Crippen molar-refractivity contribution in [1.29, 1.82) is 0 Å². The molecule has 4 nitrogen and oxygen atoms in total. The lowest BCUT2D eigenvalue weighted by Gasteiger charge is -2.23. The molecule has 0 fully saturated rings. The molecular formula is C20H26ClFN2O2. The lowest BCUT2D eigenvalue weighted by Crippen LogP contribution is -2.34. The number of rotatable bonds is 8. The normalized spacial score (nSPS) is 17.1. The molecule has 0 aliphatic carbocycles. The van der Waals surface area contributed by atoms with Crippen LogP contribution in [0.25, 0.3) is 0 Å². The largest absolute Gasteiger partial charge is 0.370 e. The van der Waals surface area contributed by atoms with Gasteiger partial charge in [0.15, 0.2) is 5.78 Å². The predicted octanol–water partition coefficient (Wildman–Crippen LogP) is 4.51. The first-order valence-electron chi connectivity index (χ1n) is 10.4. The SMILES string of the molecule is [2H]C([2H])([2H])C([2H])([2H])[C@@H](N[C@@H](C)CC(N)=O)c1ccc(Cl)c(C(=O)c2ccccc2)c1F.[HH].[HH]. The number of halogens is 2. The first-order chi connectivity index (χ1) is 14.3. The number of amides is 1. The van der Waals surface area contributed by atoms with Gasteiger partial charge in [0.2, 0.25) is 5.91 Å². The van der Waals surface area contributed by atoms with E-state index in [9.17, 15) is 9.59 Å². The highest BCUT2D eigenvalue weighted by molar-refractivity contribution is 6.35. The Bertz CT molecular complexity index is 975. The molecule has 6 heteroatoms. The topological polar surface area (TPSA) is 72.2 Å². The third kappa shape index (κ3) is 4.68. The number of hydrogen-bond acceptors (Lipinski definition) is 3. The van der Waals surface area contributed by atoms with Crippen molar-refractivity contribution < 1.29 is 23.7 Å². The Morgan fingerprint density at radius 3 is 2.65 bits per heavy atom. The van der Waals surface area contributed by atoms with E-state index in [1.54, 1.807) is 18.2 Å². The molecule has 26 heavy (non-hydrogen) atoms. The molecule has 0 aromatic heterocycles. The van der Waals surface area contributed by atoms with Crippen LogP contribution in [0.1, 0.15) is 63.8 Å². The number of nitrogens with two attached hydrogens (primary N) is 1. The molecule has 0 saturated carbocycles. The number of benzene rings is 2. The molecule has 3 N–H and O–H groups in total. The van der Waals surface area contributed by atoms with Gasteiger partial charge in [0.25, 0.3) is 0 Å². The summed E-state index contributed by atoms with van der Waals surface area (Å²) in [5.74, 6) is -2.58. The maximum Gasteiger partial charge on any atom is 0.218 e. The zero-order valence-electron chi connectivity index (χ0n) is 19.1. The molecule has 2 rings (SSSR count). The van der Waals surface area contributed by atoms with Gasteiger partial charge < -0.3 is 11.1 Å². The molecule has 0 saturated heterocycles. The Labute approximate surface area is 167 Å². The molecule has 0 spiro atoms. The molecular weight excluding hydrogens is 355 g/mol. The van der Waals surface area contributed by atoms with Gasteiger partial charge in [-0.05, 0) is 19.4 Å². The number of primary amides is 1. The van der Waals surface area contributed by atoms with Crippen molar-refractivity contribution in [1.82, 2.24) is 5.32 Å². The van der Waals surface area contributed by atoms with E-state index in [0.29, 0.717) is 0 Å². The number of carbonyl (C=O) groups is 2. The standard InChI is InChI=1S/C20H22ClFN2O2.2H2/c1-3-16(24-12(2)11-17(23)25)14-9-10-15(21)18(19(14)22)20(26)13-7-5-4-6-8-13;;/h4-10,12,16,24H,3,11H2,1-2H3,(H2,23,25);2*1H/t12-,16+;;/m0../s1/i1D3,3D2;;. The zero-order chi connectivity index (χ0) is 23.6.